The van der Waals surface area contributed by atoms with Gasteiger partial charge in [0.2, 0.25) is 0 Å². The third kappa shape index (κ3) is 1.78. The highest BCUT2D eigenvalue weighted by Gasteiger charge is 2.17. The van der Waals surface area contributed by atoms with Gasteiger partial charge < -0.3 is 10.3 Å². The largest absolute Gasteiger partial charge is 0.311 e. The molecule has 1 atom stereocenters. The lowest BCUT2D eigenvalue weighted by Crippen LogP contribution is -2.19. The zero-order valence-electron chi connectivity index (χ0n) is 7.63. The average molecular weight is 179 g/mol. The third-order valence-electron chi connectivity index (χ3n) is 2.30. The number of aromatic amines is 1. The van der Waals surface area contributed by atoms with Crippen LogP contribution in [0.25, 0.3) is 0 Å². The van der Waals surface area contributed by atoms with Crippen LogP contribution >= 0.6 is 0 Å². The molecule has 0 aliphatic carbocycles. The second-order valence-electron chi connectivity index (χ2n) is 3.40. The van der Waals surface area contributed by atoms with E-state index < -0.39 is 0 Å². The molecule has 70 valence electrons. The van der Waals surface area contributed by atoms with Crippen molar-refractivity contribution in [1.29, 1.82) is 0 Å². The summed E-state index contributed by atoms with van der Waals surface area (Å²) in [4.78, 5) is 18.1. The predicted molar refractivity (Wildman–Crippen MR) is 49.6 cm³/mol. The van der Waals surface area contributed by atoms with Gasteiger partial charge >= 0.3 is 0 Å². The molecule has 1 aliphatic heterocycles. The van der Waals surface area contributed by atoms with Crippen molar-refractivity contribution in [3.05, 3.63) is 27.9 Å². The smallest absolute Gasteiger partial charge is 0.251 e. The quantitative estimate of drug-likeness (QED) is 0.660. The SMILES string of the molecule is Cc1nc([C@@H]2CCCN2)cc(=O)[nH]1. The Bertz CT molecular complexity index is 352. The summed E-state index contributed by atoms with van der Waals surface area (Å²) < 4.78 is 0. The number of nitrogens with one attached hydrogen (secondary N) is 2. The normalized spacial score (nSPS) is 22.1. The summed E-state index contributed by atoms with van der Waals surface area (Å²) in [6, 6.07) is 1.86. The summed E-state index contributed by atoms with van der Waals surface area (Å²) in [5, 5.41) is 3.31. The number of H-pyrrole nitrogens is 1. The molecule has 0 amide bonds. The van der Waals surface area contributed by atoms with Gasteiger partial charge in [0.1, 0.15) is 5.82 Å². The molecule has 13 heavy (non-hydrogen) atoms. The van der Waals surface area contributed by atoms with Crippen LogP contribution in [-0.4, -0.2) is 16.5 Å². The zero-order chi connectivity index (χ0) is 9.26. The molecule has 1 fully saturated rings. The summed E-state index contributed by atoms with van der Waals surface area (Å²) in [6.07, 6.45) is 2.24. The summed E-state index contributed by atoms with van der Waals surface area (Å²) >= 11 is 0. The Labute approximate surface area is 76.4 Å². The van der Waals surface area contributed by atoms with Crippen molar-refractivity contribution in [2.75, 3.05) is 6.54 Å². The van der Waals surface area contributed by atoms with E-state index in [1.807, 2.05) is 0 Å². The fourth-order valence-electron chi connectivity index (χ4n) is 1.72. The third-order valence-corrected chi connectivity index (χ3v) is 2.30. The number of aryl methyl sites for hydroxylation is 1. The summed E-state index contributed by atoms with van der Waals surface area (Å²) in [7, 11) is 0. The molecule has 0 bridgehead atoms. The molecule has 0 spiro atoms. The van der Waals surface area contributed by atoms with Crippen molar-refractivity contribution in [3.63, 3.8) is 0 Å². The maximum Gasteiger partial charge on any atom is 0.251 e. The molecule has 4 nitrogen and oxygen atoms in total. The van der Waals surface area contributed by atoms with Crippen LogP contribution < -0.4 is 10.9 Å². The predicted octanol–water partition coefficient (Wildman–Crippen LogP) is 0.503. The highest BCUT2D eigenvalue weighted by Crippen LogP contribution is 2.19. The lowest BCUT2D eigenvalue weighted by Gasteiger charge is -2.08. The van der Waals surface area contributed by atoms with Crippen molar-refractivity contribution in [1.82, 2.24) is 15.3 Å². The van der Waals surface area contributed by atoms with Crippen LogP contribution in [0.2, 0.25) is 0 Å². The van der Waals surface area contributed by atoms with E-state index in [2.05, 4.69) is 15.3 Å². The van der Waals surface area contributed by atoms with E-state index in [1.54, 1.807) is 13.0 Å². The lowest BCUT2D eigenvalue weighted by molar-refractivity contribution is 0.621. The van der Waals surface area contributed by atoms with Gasteiger partial charge in [-0.1, -0.05) is 0 Å². The fraction of sp³-hybridized carbons (Fsp3) is 0.556. The number of hydrogen-bond acceptors (Lipinski definition) is 3. The molecule has 4 heteroatoms. The Morgan fingerprint density at radius 3 is 3.08 bits per heavy atom. The maximum absolute atomic E-state index is 11.1. The Hall–Kier alpha value is -1.16. The number of rotatable bonds is 1. The van der Waals surface area contributed by atoms with Crippen LogP contribution in [0.5, 0.6) is 0 Å². The summed E-state index contributed by atoms with van der Waals surface area (Å²) in [5.41, 5.74) is 0.815. The van der Waals surface area contributed by atoms with Crippen molar-refractivity contribution >= 4 is 0 Å². The van der Waals surface area contributed by atoms with Gasteiger partial charge in [0.25, 0.3) is 5.56 Å². The van der Waals surface area contributed by atoms with Gasteiger partial charge in [-0.15, -0.1) is 0 Å². The number of aromatic nitrogens is 2. The van der Waals surface area contributed by atoms with Gasteiger partial charge in [-0.25, -0.2) is 4.98 Å². The van der Waals surface area contributed by atoms with Crippen LogP contribution in [0.3, 0.4) is 0 Å². The van der Waals surface area contributed by atoms with Gasteiger partial charge in [-0.2, -0.15) is 0 Å². The first kappa shape index (κ1) is 8.44. The van der Waals surface area contributed by atoms with Gasteiger partial charge in [-0.05, 0) is 26.3 Å². The number of hydrogen-bond donors (Lipinski definition) is 2. The second kappa shape index (κ2) is 3.30. The molecule has 2 rings (SSSR count). The van der Waals surface area contributed by atoms with E-state index in [9.17, 15) is 4.79 Å². The second-order valence-corrected chi connectivity index (χ2v) is 3.40. The first-order valence-electron chi connectivity index (χ1n) is 4.57. The Morgan fingerprint density at radius 2 is 2.46 bits per heavy atom. The zero-order valence-corrected chi connectivity index (χ0v) is 7.63. The topological polar surface area (TPSA) is 57.8 Å². The maximum atomic E-state index is 11.1. The molecule has 0 aromatic carbocycles. The summed E-state index contributed by atoms with van der Waals surface area (Å²) in [5.74, 6) is 0.691. The van der Waals surface area contributed by atoms with Crippen LogP contribution in [0.15, 0.2) is 10.9 Å². The molecular weight excluding hydrogens is 166 g/mol. The Kier molecular flexibility index (Phi) is 2.14. The Balaban J connectivity index is 2.33. The monoisotopic (exact) mass is 179 g/mol. The average Bonchev–Trinajstić information content (AvgIpc) is 2.53. The van der Waals surface area contributed by atoms with Gasteiger partial charge in [0.15, 0.2) is 0 Å². The van der Waals surface area contributed by atoms with E-state index >= 15 is 0 Å². The van der Waals surface area contributed by atoms with Crippen LogP contribution in [-0.2, 0) is 0 Å². The first-order valence-corrected chi connectivity index (χ1v) is 4.57. The first-order chi connectivity index (χ1) is 6.25. The van der Waals surface area contributed by atoms with Crippen LogP contribution in [0.4, 0.5) is 0 Å². The lowest BCUT2D eigenvalue weighted by atomic mass is 10.1. The molecule has 0 unspecified atom stereocenters. The van der Waals surface area contributed by atoms with Crippen LogP contribution in [0, 0.1) is 6.92 Å². The molecule has 1 aromatic heterocycles. The molecular formula is C9H13N3O. The minimum absolute atomic E-state index is 0.0591. The van der Waals surface area contributed by atoms with E-state index in [4.69, 9.17) is 0 Å². The molecule has 0 radical (unpaired) electrons. The minimum atomic E-state index is -0.0591. The van der Waals surface area contributed by atoms with Crippen LogP contribution in [0.1, 0.15) is 30.4 Å². The molecule has 1 aromatic rings. The van der Waals surface area contributed by atoms with E-state index in [0.29, 0.717) is 5.82 Å². The molecule has 0 saturated carbocycles. The van der Waals surface area contributed by atoms with E-state index in [1.165, 1.54) is 0 Å². The summed E-state index contributed by atoms with van der Waals surface area (Å²) in [6.45, 7) is 2.83. The van der Waals surface area contributed by atoms with Gasteiger partial charge in [0, 0.05) is 12.1 Å². The van der Waals surface area contributed by atoms with E-state index in [0.717, 1.165) is 25.1 Å². The molecule has 1 aliphatic rings. The van der Waals surface area contributed by atoms with E-state index in [-0.39, 0.29) is 11.6 Å². The molecule has 2 heterocycles. The highest BCUT2D eigenvalue weighted by atomic mass is 16.1. The van der Waals surface area contributed by atoms with Crippen molar-refractivity contribution in [2.45, 2.75) is 25.8 Å². The van der Waals surface area contributed by atoms with Gasteiger partial charge in [-0.3, -0.25) is 4.79 Å². The highest BCUT2D eigenvalue weighted by molar-refractivity contribution is 5.08. The fourth-order valence-corrected chi connectivity index (χ4v) is 1.72. The van der Waals surface area contributed by atoms with Crippen molar-refractivity contribution in [2.24, 2.45) is 0 Å². The molecule has 1 saturated heterocycles. The molecule has 2 N–H and O–H groups in total. The number of nitrogens with zero attached hydrogens (tertiary/aromatic N) is 1. The van der Waals surface area contributed by atoms with Crippen molar-refractivity contribution < 1.29 is 0 Å². The standard InChI is InChI=1S/C9H13N3O/c1-6-11-8(5-9(13)12-6)7-3-2-4-10-7/h5,7,10H,2-4H2,1H3,(H,11,12,13)/t7-/m0/s1. The minimum Gasteiger partial charge on any atom is -0.311 e. The Morgan fingerprint density at radius 1 is 1.62 bits per heavy atom. The van der Waals surface area contributed by atoms with Crippen molar-refractivity contribution in [3.8, 4) is 0 Å². The van der Waals surface area contributed by atoms with Gasteiger partial charge in [0.05, 0.1) is 5.69 Å².